The molecular formula is C7H11NO2. The van der Waals surface area contributed by atoms with Crippen molar-refractivity contribution in [3.05, 3.63) is 11.6 Å². The fraction of sp³-hybridized carbons (Fsp3) is 0.571. The number of carbonyl (C=O) groups excluding carboxylic acids is 1. The highest BCUT2D eigenvalue weighted by Crippen LogP contribution is 2.05. The molecule has 0 radical (unpaired) electrons. The standard InChI is InChI=1S/C7H11NO2/c1-3-10-6-4-5(2)7(9)8-6/h4,6H,3H2,1-2H3,(H,8,9)/t6-/m1/s1. The highest BCUT2D eigenvalue weighted by Gasteiger charge is 2.18. The molecular weight excluding hydrogens is 130 g/mol. The zero-order chi connectivity index (χ0) is 7.56. The molecule has 0 bridgehead atoms. The van der Waals surface area contributed by atoms with Gasteiger partial charge >= 0.3 is 0 Å². The number of hydrogen-bond donors (Lipinski definition) is 1. The third-order valence-electron chi connectivity index (χ3n) is 1.38. The van der Waals surface area contributed by atoms with E-state index in [4.69, 9.17) is 4.74 Å². The van der Waals surface area contributed by atoms with Gasteiger partial charge in [-0.3, -0.25) is 4.79 Å². The molecule has 1 heterocycles. The van der Waals surface area contributed by atoms with Crippen molar-refractivity contribution in [3.8, 4) is 0 Å². The molecule has 10 heavy (non-hydrogen) atoms. The molecule has 0 unspecified atom stereocenters. The van der Waals surface area contributed by atoms with E-state index in [1.165, 1.54) is 0 Å². The number of carbonyl (C=O) groups is 1. The third kappa shape index (κ3) is 1.36. The van der Waals surface area contributed by atoms with E-state index in [-0.39, 0.29) is 12.1 Å². The van der Waals surface area contributed by atoms with Crippen LogP contribution in [0.2, 0.25) is 0 Å². The Hall–Kier alpha value is -0.830. The first-order chi connectivity index (χ1) is 4.74. The largest absolute Gasteiger partial charge is 0.355 e. The molecule has 0 aromatic carbocycles. The summed E-state index contributed by atoms with van der Waals surface area (Å²) in [6.07, 6.45) is 1.59. The van der Waals surface area contributed by atoms with Crippen LogP contribution in [0, 0.1) is 0 Å². The monoisotopic (exact) mass is 141 g/mol. The summed E-state index contributed by atoms with van der Waals surface area (Å²) in [5.41, 5.74) is 0.735. The molecule has 3 nitrogen and oxygen atoms in total. The topological polar surface area (TPSA) is 38.3 Å². The van der Waals surface area contributed by atoms with Gasteiger partial charge in [-0.15, -0.1) is 0 Å². The lowest BCUT2D eigenvalue weighted by molar-refractivity contribution is -0.118. The summed E-state index contributed by atoms with van der Waals surface area (Å²) in [5, 5.41) is 2.65. The van der Waals surface area contributed by atoms with E-state index in [0.29, 0.717) is 6.61 Å². The predicted molar refractivity (Wildman–Crippen MR) is 37.3 cm³/mol. The number of ether oxygens (including phenoxy) is 1. The van der Waals surface area contributed by atoms with Crippen molar-refractivity contribution < 1.29 is 9.53 Å². The van der Waals surface area contributed by atoms with Crippen LogP contribution >= 0.6 is 0 Å². The Kier molecular flexibility index (Phi) is 2.06. The summed E-state index contributed by atoms with van der Waals surface area (Å²) in [6.45, 7) is 4.29. The van der Waals surface area contributed by atoms with Gasteiger partial charge in [0.1, 0.15) is 6.23 Å². The smallest absolute Gasteiger partial charge is 0.248 e. The van der Waals surface area contributed by atoms with Gasteiger partial charge in [-0.05, 0) is 19.9 Å². The maximum atomic E-state index is 10.8. The Morgan fingerprint density at radius 2 is 2.50 bits per heavy atom. The molecule has 0 saturated carbocycles. The van der Waals surface area contributed by atoms with Gasteiger partial charge in [0.2, 0.25) is 5.91 Å². The first-order valence-corrected chi connectivity index (χ1v) is 3.35. The summed E-state index contributed by atoms with van der Waals surface area (Å²) in [6, 6.07) is 0. The third-order valence-corrected chi connectivity index (χ3v) is 1.38. The van der Waals surface area contributed by atoms with E-state index < -0.39 is 0 Å². The Morgan fingerprint density at radius 1 is 1.80 bits per heavy atom. The van der Waals surface area contributed by atoms with Crippen molar-refractivity contribution in [3.63, 3.8) is 0 Å². The van der Waals surface area contributed by atoms with Gasteiger partial charge in [0.25, 0.3) is 0 Å². The van der Waals surface area contributed by atoms with Crippen molar-refractivity contribution in [1.29, 1.82) is 0 Å². The van der Waals surface area contributed by atoms with Gasteiger partial charge in [0.05, 0.1) is 0 Å². The minimum Gasteiger partial charge on any atom is -0.355 e. The van der Waals surface area contributed by atoms with E-state index in [0.717, 1.165) is 5.57 Å². The summed E-state index contributed by atoms with van der Waals surface area (Å²) < 4.78 is 5.14. The Bertz CT molecular complexity index is 174. The van der Waals surface area contributed by atoms with Crippen molar-refractivity contribution in [2.45, 2.75) is 20.1 Å². The van der Waals surface area contributed by atoms with Crippen LogP contribution in [-0.2, 0) is 9.53 Å². The quantitative estimate of drug-likeness (QED) is 0.605. The average molecular weight is 141 g/mol. The zero-order valence-corrected chi connectivity index (χ0v) is 6.18. The second-order valence-corrected chi connectivity index (χ2v) is 2.20. The fourth-order valence-corrected chi connectivity index (χ4v) is 0.857. The van der Waals surface area contributed by atoms with Crippen LogP contribution in [0.25, 0.3) is 0 Å². The molecule has 1 aliphatic rings. The van der Waals surface area contributed by atoms with Crippen LogP contribution in [0.15, 0.2) is 11.6 Å². The van der Waals surface area contributed by atoms with Gasteiger partial charge < -0.3 is 10.1 Å². The van der Waals surface area contributed by atoms with Gasteiger partial charge in [-0.1, -0.05) is 0 Å². The molecule has 0 aromatic heterocycles. The van der Waals surface area contributed by atoms with E-state index in [2.05, 4.69) is 5.32 Å². The van der Waals surface area contributed by atoms with E-state index in [1.807, 2.05) is 6.92 Å². The van der Waals surface area contributed by atoms with Crippen LogP contribution in [-0.4, -0.2) is 18.7 Å². The number of amides is 1. The second-order valence-electron chi connectivity index (χ2n) is 2.20. The normalized spacial score (nSPS) is 24.4. The minimum absolute atomic E-state index is 0.0292. The lowest BCUT2D eigenvalue weighted by atomic mass is 10.3. The molecule has 0 aromatic rings. The SMILES string of the molecule is CCO[C@@H]1C=C(C)C(=O)N1. The molecule has 1 atom stereocenters. The summed E-state index contributed by atoms with van der Waals surface area (Å²) in [4.78, 5) is 10.8. The lowest BCUT2D eigenvalue weighted by Crippen LogP contribution is -2.29. The van der Waals surface area contributed by atoms with Crippen molar-refractivity contribution in [2.24, 2.45) is 0 Å². The molecule has 56 valence electrons. The lowest BCUT2D eigenvalue weighted by Gasteiger charge is -2.06. The van der Waals surface area contributed by atoms with Crippen molar-refractivity contribution in [1.82, 2.24) is 5.32 Å². The van der Waals surface area contributed by atoms with E-state index in [9.17, 15) is 4.79 Å². The molecule has 1 amide bonds. The number of rotatable bonds is 2. The van der Waals surface area contributed by atoms with Crippen molar-refractivity contribution in [2.75, 3.05) is 6.61 Å². The molecule has 1 N–H and O–H groups in total. The first kappa shape index (κ1) is 7.28. The molecule has 1 rings (SSSR count). The summed E-state index contributed by atoms with van der Waals surface area (Å²) >= 11 is 0. The average Bonchev–Trinajstić information content (AvgIpc) is 2.14. The fourth-order valence-electron chi connectivity index (χ4n) is 0.857. The van der Waals surface area contributed by atoms with E-state index >= 15 is 0 Å². The molecule has 0 fully saturated rings. The zero-order valence-electron chi connectivity index (χ0n) is 6.18. The van der Waals surface area contributed by atoms with Gasteiger partial charge in [-0.2, -0.15) is 0 Å². The Morgan fingerprint density at radius 3 is 2.90 bits per heavy atom. The summed E-state index contributed by atoms with van der Waals surface area (Å²) in [5.74, 6) is -0.0292. The highest BCUT2D eigenvalue weighted by molar-refractivity contribution is 5.95. The van der Waals surface area contributed by atoms with Crippen LogP contribution in [0.4, 0.5) is 0 Å². The second kappa shape index (κ2) is 2.84. The Balaban J connectivity index is 2.48. The van der Waals surface area contributed by atoms with Gasteiger partial charge in [0, 0.05) is 12.2 Å². The van der Waals surface area contributed by atoms with Crippen LogP contribution in [0.1, 0.15) is 13.8 Å². The Labute approximate surface area is 60.1 Å². The highest BCUT2D eigenvalue weighted by atomic mass is 16.5. The molecule has 0 aliphatic carbocycles. The number of nitrogens with one attached hydrogen (secondary N) is 1. The maximum Gasteiger partial charge on any atom is 0.248 e. The van der Waals surface area contributed by atoms with Crippen LogP contribution < -0.4 is 5.32 Å². The van der Waals surface area contributed by atoms with Crippen LogP contribution in [0.3, 0.4) is 0 Å². The molecule has 0 spiro atoms. The summed E-state index contributed by atoms with van der Waals surface area (Å²) in [7, 11) is 0. The van der Waals surface area contributed by atoms with Gasteiger partial charge in [-0.25, -0.2) is 0 Å². The minimum atomic E-state index is -0.197. The molecule has 3 heteroatoms. The molecule has 0 saturated heterocycles. The first-order valence-electron chi connectivity index (χ1n) is 3.35. The number of hydrogen-bond acceptors (Lipinski definition) is 2. The van der Waals surface area contributed by atoms with Crippen molar-refractivity contribution >= 4 is 5.91 Å². The van der Waals surface area contributed by atoms with E-state index in [1.54, 1.807) is 13.0 Å². The predicted octanol–water partition coefficient (Wildman–Crippen LogP) is 0.425. The maximum absolute atomic E-state index is 10.8. The molecule has 1 aliphatic heterocycles. The van der Waals surface area contributed by atoms with Gasteiger partial charge in [0.15, 0.2) is 0 Å². The van der Waals surface area contributed by atoms with Crippen LogP contribution in [0.5, 0.6) is 0 Å².